The van der Waals surface area contributed by atoms with Gasteiger partial charge in [0.05, 0.1) is 19.0 Å². The molecule has 0 saturated heterocycles. The Bertz CT molecular complexity index is 2270. The maximum Gasteiger partial charge on any atom is 0.524 e. The highest BCUT2D eigenvalue weighted by Gasteiger charge is 2.35. The molecule has 0 aromatic heterocycles. The predicted octanol–water partition coefficient (Wildman–Crippen LogP) is -1.03. The van der Waals surface area contributed by atoms with Gasteiger partial charge in [-0.3, -0.25) is 52.9 Å². The van der Waals surface area contributed by atoms with Crippen molar-refractivity contribution in [2.24, 2.45) is 23.3 Å². The molecule has 0 spiro atoms. The maximum absolute atomic E-state index is 14.3. The summed E-state index contributed by atoms with van der Waals surface area (Å²) in [6.45, 7) is 5.95. The summed E-state index contributed by atoms with van der Waals surface area (Å²) in [6.07, 6.45) is 0.269. The number of carboxylic acid groups (broad SMARTS) is 2. The molecule has 0 fully saturated rings. The Morgan fingerprint density at radius 3 is 1.78 bits per heavy atom. The zero-order chi connectivity index (χ0) is 55.0. The number of amides is 8. The van der Waals surface area contributed by atoms with Crippen LogP contribution in [0.15, 0.2) is 54.6 Å². The number of nitrogens with two attached hydrogens (primary N) is 2. The number of carbonyl (C=O) groups is 10. The number of carbonyl (C=O) groups excluding carboxylic acids is 8. The number of hydrogen-bond acceptors (Lipinski definition) is 14. The Morgan fingerprint density at radius 1 is 0.658 bits per heavy atom. The van der Waals surface area contributed by atoms with Crippen LogP contribution in [-0.2, 0) is 65.4 Å². The second-order valence-corrected chi connectivity index (χ2v) is 19.9. The van der Waals surface area contributed by atoms with Crippen LogP contribution < -0.4 is 53.2 Å². The molecule has 0 saturated carbocycles. The molecular weight excluding hydrogens is 998 g/mol. The molecule has 8 amide bonds. The summed E-state index contributed by atoms with van der Waals surface area (Å²) in [5.41, 5.74) is 12.9. The van der Waals surface area contributed by atoms with E-state index >= 15 is 0 Å². The van der Waals surface area contributed by atoms with Crippen LogP contribution in [0.3, 0.4) is 0 Å². The predicted molar refractivity (Wildman–Crippen MR) is 266 cm³/mol. The Morgan fingerprint density at radius 2 is 1.23 bits per heavy atom. The van der Waals surface area contributed by atoms with E-state index in [-0.39, 0.29) is 42.9 Å². The van der Waals surface area contributed by atoms with Gasteiger partial charge in [-0.1, -0.05) is 70.2 Å². The highest BCUT2D eigenvalue weighted by Crippen LogP contribution is 2.37. The molecule has 0 bridgehead atoms. The van der Waals surface area contributed by atoms with Crippen molar-refractivity contribution in [3.8, 4) is 5.75 Å². The number of nitrogens with one attached hydrogen (secondary N) is 7. The zero-order valence-corrected chi connectivity index (χ0v) is 42.9. The van der Waals surface area contributed by atoms with Crippen molar-refractivity contribution in [2.75, 3.05) is 18.6 Å². The summed E-state index contributed by atoms with van der Waals surface area (Å²) in [6, 6.07) is 4.50. The molecule has 0 aliphatic heterocycles. The second kappa shape index (κ2) is 31.1. The van der Waals surface area contributed by atoms with Gasteiger partial charge in [0.1, 0.15) is 42.0 Å². The molecule has 15 N–H and O–H groups in total. The second-order valence-electron chi connectivity index (χ2n) is 17.7. The first-order valence-corrected chi connectivity index (χ1v) is 26.1. The van der Waals surface area contributed by atoms with Gasteiger partial charge in [-0.15, -0.1) is 0 Å². The maximum atomic E-state index is 14.3. The molecule has 404 valence electrons. The lowest BCUT2D eigenvalue weighted by molar-refractivity contribution is -0.143. The number of carboxylic acids is 2. The fraction of sp³-hybridized carbons (Fsp3) is 0.522. The van der Waals surface area contributed by atoms with Crippen molar-refractivity contribution in [2.45, 2.75) is 121 Å². The van der Waals surface area contributed by atoms with E-state index in [0.717, 1.165) is 5.56 Å². The zero-order valence-electron chi connectivity index (χ0n) is 41.2. The smallest absolute Gasteiger partial charge is 0.481 e. The number of phosphoric acid groups is 1. The van der Waals surface area contributed by atoms with Gasteiger partial charge in [-0.05, 0) is 79.2 Å². The van der Waals surface area contributed by atoms with Crippen molar-refractivity contribution in [3.05, 3.63) is 65.7 Å². The number of hydrogen-bond donors (Lipinski definition) is 13. The summed E-state index contributed by atoms with van der Waals surface area (Å²) in [7, 11) is -4.96. The van der Waals surface area contributed by atoms with Crippen molar-refractivity contribution in [1.82, 2.24) is 37.2 Å². The van der Waals surface area contributed by atoms with Crippen LogP contribution in [0.25, 0.3) is 0 Å². The van der Waals surface area contributed by atoms with Gasteiger partial charge < -0.3 is 63.4 Å². The standard InChI is InChI=1S/C46H68N9O16PS/c1-25(2)21-33(41(61)49-24-37(57)50-32(46(66)67)17-18-38(58)59)52-44(64)35(23-36(48)56)54-43(63)34(22-28-11-14-29(15-12-28)71-72(68,69)70)53-42(62)31(19-20-73-5)51-45(65)39(26(3)4)55-40(60)30(47)16-13-27-9-7-6-8-10-27/h6-12,14-15,25-26,30-35,39H,13,16-24,47H2,1-5H3,(H2,48,56)(H,49,61)(H,50,57)(H,51,65)(H,52,64)(H,53,62)(H,54,63)(H,55,60)(H,58,59)(H,66,67)(H2,68,69,70)/t30-,31-,32-,33-,34-,35-,39-/m0/s1. The van der Waals surface area contributed by atoms with Crippen molar-refractivity contribution < 1.29 is 77.0 Å². The Kier molecular flexibility index (Phi) is 26.6. The van der Waals surface area contributed by atoms with E-state index in [0.29, 0.717) is 12.2 Å². The largest absolute Gasteiger partial charge is 0.524 e. The van der Waals surface area contributed by atoms with Gasteiger partial charge in [0, 0.05) is 12.8 Å². The van der Waals surface area contributed by atoms with Crippen LogP contribution in [0.1, 0.15) is 77.3 Å². The van der Waals surface area contributed by atoms with Crippen LogP contribution in [0.4, 0.5) is 0 Å². The topological polar surface area (TPSA) is 414 Å². The summed E-state index contributed by atoms with van der Waals surface area (Å²) < 4.78 is 16.1. The Balaban J connectivity index is 2.42. The minimum absolute atomic E-state index is 0.0232. The van der Waals surface area contributed by atoms with Gasteiger partial charge in [-0.25, -0.2) is 9.36 Å². The fourth-order valence-corrected chi connectivity index (χ4v) is 7.79. The van der Waals surface area contributed by atoms with Crippen molar-refractivity contribution in [1.29, 1.82) is 0 Å². The lowest BCUT2D eigenvalue weighted by Gasteiger charge is -2.28. The number of primary amides is 1. The first-order valence-electron chi connectivity index (χ1n) is 23.1. The first kappa shape index (κ1) is 62.5. The van der Waals surface area contributed by atoms with E-state index in [1.165, 1.54) is 36.0 Å². The van der Waals surface area contributed by atoms with Gasteiger partial charge in [0.15, 0.2) is 0 Å². The molecule has 7 atom stereocenters. The van der Waals surface area contributed by atoms with Crippen LogP contribution in [0.5, 0.6) is 5.75 Å². The molecule has 0 unspecified atom stereocenters. The highest BCUT2D eigenvalue weighted by atomic mass is 32.2. The van der Waals surface area contributed by atoms with E-state index in [9.17, 15) is 67.4 Å². The quantitative estimate of drug-likeness (QED) is 0.0380. The number of benzene rings is 2. The van der Waals surface area contributed by atoms with Crippen LogP contribution in [0.2, 0.25) is 0 Å². The molecule has 0 aliphatic carbocycles. The minimum Gasteiger partial charge on any atom is -0.481 e. The van der Waals surface area contributed by atoms with Crippen LogP contribution in [-0.4, -0.2) is 140 Å². The van der Waals surface area contributed by atoms with Gasteiger partial charge >= 0.3 is 19.8 Å². The third-order valence-corrected chi connectivity index (χ3v) is 11.8. The van der Waals surface area contributed by atoms with E-state index in [1.807, 2.05) is 30.3 Å². The summed E-state index contributed by atoms with van der Waals surface area (Å²) >= 11 is 1.34. The highest BCUT2D eigenvalue weighted by molar-refractivity contribution is 7.98. The number of aryl methyl sites for hydroxylation is 1. The lowest BCUT2D eigenvalue weighted by Crippen LogP contribution is -2.61. The Labute approximate surface area is 426 Å². The average molecular weight is 1070 g/mol. The molecule has 0 radical (unpaired) electrons. The molecule has 0 heterocycles. The molecule has 25 nitrogen and oxygen atoms in total. The fourth-order valence-electron chi connectivity index (χ4n) is 6.92. The van der Waals surface area contributed by atoms with Gasteiger partial charge in [0.25, 0.3) is 0 Å². The normalized spacial score (nSPS) is 14.2. The van der Waals surface area contributed by atoms with Crippen molar-refractivity contribution in [3.63, 3.8) is 0 Å². The van der Waals surface area contributed by atoms with Gasteiger partial charge in [-0.2, -0.15) is 11.8 Å². The molecule has 2 aromatic rings. The average Bonchev–Trinajstić information content (AvgIpc) is 3.30. The third-order valence-electron chi connectivity index (χ3n) is 10.7. The van der Waals surface area contributed by atoms with E-state index in [4.69, 9.17) is 16.6 Å². The number of rotatable bonds is 33. The van der Waals surface area contributed by atoms with Gasteiger partial charge in [0.2, 0.25) is 47.3 Å². The number of thioether (sulfide) groups is 1. The monoisotopic (exact) mass is 1070 g/mol. The molecular formula is C46H68N9O16PS. The molecule has 73 heavy (non-hydrogen) atoms. The molecule has 2 rings (SSSR count). The van der Waals surface area contributed by atoms with Crippen LogP contribution >= 0.6 is 19.6 Å². The van der Waals surface area contributed by atoms with E-state index < -0.39 is 141 Å². The number of phosphoric ester groups is 1. The summed E-state index contributed by atoms with van der Waals surface area (Å²) in [4.78, 5) is 149. The van der Waals surface area contributed by atoms with E-state index in [2.05, 4.69) is 41.7 Å². The summed E-state index contributed by atoms with van der Waals surface area (Å²) in [5.74, 6) is -10.9. The Hall–Kier alpha value is -6.60. The lowest BCUT2D eigenvalue weighted by atomic mass is 10.0. The summed E-state index contributed by atoms with van der Waals surface area (Å²) in [5, 5.41) is 35.4. The van der Waals surface area contributed by atoms with Crippen molar-refractivity contribution >= 4 is 78.8 Å². The number of aliphatic carboxylic acids is 2. The van der Waals surface area contributed by atoms with E-state index in [1.54, 1.807) is 34.0 Å². The SMILES string of the molecule is CSCC[C@H](NC(=O)[C@@H](NC(=O)[C@@H](N)CCc1ccccc1)C(C)C)C(=O)N[C@@H](Cc1ccc(OP(=O)(O)O)cc1)C(=O)N[C@@H](CC(N)=O)C(=O)N[C@@H](CC(C)C)C(=O)NCC(=O)N[C@@H](CCC(=O)O)C(=O)O. The third kappa shape index (κ3) is 24.6. The minimum atomic E-state index is -4.96. The first-order chi connectivity index (χ1) is 34.2. The molecule has 27 heteroatoms. The van der Waals surface area contributed by atoms with Crippen LogP contribution in [0, 0.1) is 11.8 Å². The molecule has 0 aliphatic rings. The molecule has 2 aromatic carbocycles.